The summed E-state index contributed by atoms with van der Waals surface area (Å²) >= 11 is 0. The Hall–Kier alpha value is -1.31. The second kappa shape index (κ2) is 4.52. The maximum Gasteiger partial charge on any atom is 0.233 e. The van der Waals surface area contributed by atoms with Crippen LogP contribution in [0, 0.1) is 5.41 Å². The molecule has 1 saturated heterocycles. The molecule has 8 heteroatoms. The largest absolute Gasteiger partial charge is 0.409 e. The van der Waals surface area contributed by atoms with Gasteiger partial charge in [0, 0.05) is 6.04 Å². The lowest BCUT2D eigenvalue weighted by Crippen LogP contribution is -2.49. The molecule has 0 aromatic carbocycles. The fourth-order valence-electron chi connectivity index (χ4n) is 1.52. The number of carbonyl (C=O) groups excluding carboxylic acids is 1. The highest BCUT2D eigenvalue weighted by Crippen LogP contribution is 2.18. The fraction of sp³-hybridized carbons (Fsp3) is 0.778. The predicted molar refractivity (Wildman–Crippen MR) is 62.4 cm³/mol. The fourth-order valence-corrected chi connectivity index (χ4v) is 3.19. The molecule has 0 spiro atoms. The van der Waals surface area contributed by atoms with Crippen LogP contribution in [0.3, 0.4) is 0 Å². The molecule has 1 unspecified atom stereocenters. The molecular formula is C9H17N3O4S. The molecule has 4 N–H and O–H groups in total. The van der Waals surface area contributed by atoms with Crippen molar-refractivity contribution in [3.8, 4) is 0 Å². The minimum Gasteiger partial charge on any atom is -0.409 e. The minimum atomic E-state index is -3.04. The lowest BCUT2D eigenvalue weighted by atomic mass is 9.90. The van der Waals surface area contributed by atoms with Gasteiger partial charge in [0.1, 0.15) is 5.41 Å². The average molecular weight is 263 g/mol. The van der Waals surface area contributed by atoms with Gasteiger partial charge in [-0.15, -0.1) is 0 Å². The molecule has 1 atom stereocenters. The molecular weight excluding hydrogens is 246 g/mol. The number of sulfone groups is 1. The van der Waals surface area contributed by atoms with E-state index in [4.69, 9.17) is 10.9 Å². The van der Waals surface area contributed by atoms with Gasteiger partial charge in [-0.1, -0.05) is 5.16 Å². The summed E-state index contributed by atoms with van der Waals surface area (Å²) in [7, 11) is -3.04. The average Bonchev–Trinajstić information content (AvgIpc) is 2.56. The van der Waals surface area contributed by atoms with E-state index in [1.165, 1.54) is 13.8 Å². The zero-order valence-electron chi connectivity index (χ0n) is 9.80. The number of nitrogens with one attached hydrogen (secondary N) is 1. The van der Waals surface area contributed by atoms with Crippen LogP contribution in [0.4, 0.5) is 0 Å². The summed E-state index contributed by atoms with van der Waals surface area (Å²) in [6.45, 7) is 3.00. The molecule has 1 amide bonds. The normalized spacial score (nSPS) is 24.6. The third-order valence-corrected chi connectivity index (χ3v) is 4.65. The van der Waals surface area contributed by atoms with Crippen LogP contribution in [0.5, 0.6) is 0 Å². The molecule has 0 aliphatic carbocycles. The van der Waals surface area contributed by atoms with E-state index in [0.717, 1.165) is 0 Å². The van der Waals surface area contributed by atoms with Gasteiger partial charge < -0.3 is 16.3 Å². The standard InChI is InChI=1S/C9H17N3O4S/c1-9(2,7(10)12-14)8(13)11-6-3-4-17(15,16)5-6/h6,14H,3-5H2,1-2H3,(H2,10,12)(H,11,13). The Labute approximate surface area is 100.0 Å². The first kappa shape index (κ1) is 13.8. The van der Waals surface area contributed by atoms with E-state index in [1.54, 1.807) is 0 Å². The Balaban J connectivity index is 2.68. The molecule has 0 bridgehead atoms. The van der Waals surface area contributed by atoms with Crippen LogP contribution in [0.1, 0.15) is 20.3 Å². The van der Waals surface area contributed by atoms with Gasteiger partial charge in [-0.25, -0.2) is 8.42 Å². The first-order valence-corrected chi connectivity index (χ1v) is 7.00. The van der Waals surface area contributed by atoms with Crippen LogP contribution in [-0.4, -0.2) is 42.9 Å². The van der Waals surface area contributed by atoms with Crippen LogP contribution in [-0.2, 0) is 14.6 Å². The van der Waals surface area contributed by atoms with Gasteiger partial charge in [0.25, 0.3) is 0 Å². The van der Waals surface area contributed by atoms with Gasteiger partial charge >= 0.3 is 0 Å². The van der Waals surface area contributed by atoms with Crippen molar-refractivity contribution in [2.24, 2.45) is 16.3 Å². The molecule has 0 saturated carbocycles. The number of rotatable bonds is 3. The van der Waals surface area contributed by atoms with E-state index in [-0.39, 0.29) is 17.3 Å². The number of carbonyl (C=O) groups is 1. The summed E-state index contributed by atoms with van der Waals surface area (Å²) in [5.41, 5.74) is 4.23. The number of nitrogens with zero attached hydrogens (tertiary/aromatic N) is 1. The molecule has 98 valence electrons. The van der Waals surface area contributed by atoms with Gasteiger partial charge in [0.2, 0.25) is 5.91 Å². The first-order valence-electron chi connectivity index (χ1n) is 5.18. The molecule has 7 nitrogen and oxygen atoms in total. The molecule has 1 fully saturated rings. The van der Waals surface area contributed by atoms with Crippen LogP contribution >= 0.6 is 0 Å². The molecule has 1 rings (SSSR count). The topological polar surface area (TPSA) is 122 Å². The molecule has 0 aromatic heterocycles. The quantitative estimate of drug-likeness (QED) is 0.262. The van der Waals surface area contributed by atoms with Crippen molar-refractivity contribution in [3.63, 3.8) is 0 Å². The van der Waals surface area contributed by atoms with E-state index in [9.17, 15) is 13.2 Å². The summed E-state index contributed by atoms with van der Waals surface area (Å²) in [6, 6.07) is -0.390. The Morgan fingerprint density at radius 2 is 2.12 bits per heavy atom. The summed E-state index contributed by atoms with van der Waals surface area (Å²) in [5, 5.41) is 13.9. The molecule has 17 heavy (non-hydrogen) atoms. The van der Waals surface area contributed by atoms with Crippen molar-refractivity contribution in [1.82, 2.24) is 5.32 Å². The number of nitrogens with two attached hydrogens (primary N) is 1. The van der Waals surface area contributed by atoms with E-state index in [2.05, 4.69) is 10.5 Å². The Kier molecular flexibility index (Phi) is 3.65. The van der Waals surface area contributed by atoms with E-state index in [0.29, 0.717) is 6.42 Å². The summed E-state index contributed by atoms with van der Waals surface area (Å²) < 4.78 is 22.4. The van der Waals surface area contributed by atoms with Gasteiger partial charge in [0.15, 0.2) is 15.7 Å². The van der Waals surface area contributed by atoms with Crippen molar-refractivity contribution >= 4 is 21.6 Å². The second-order valence-electron chi connectivity index (χ2n) is 4.68. The molecule has 0 aromatic rings. The maximum atomic E-state index is 11.9. The van der Waals surface area contributed by atoms with Crippen LogP contribution in [0.15, 0.2) is 5.16 Å². The number of amides is 1. The second-order valence-corrected chi connectivity index (χ2v) is 6.91. The molecule has 0 radical (unpaired) electrons. The minimum absolute atomic E-state index is 0.0506. The van der Waals surface area contributed by atoms with Gasteiger partial charge in [-0.05, 0) is 20.3 Å². The molecule has 1 heterocycles. The number of hydrogen-bond donors (Lipinski definition) is 3. The Bertz CT molecular complexity index is 441. The van der Waals surface area contributed by atoms with Crippen LogP contribution in [0.2, 0.25) is 0 Å². The first-order chi connectivity index (χ1) is 7.69. The van der Waals surface area contributed by atoms with Crippen LogP contribution < -0.4 is 11.1 Å². The van der Waals surface area contributed by atoms with Gasteiger partial charge in [-0.3, -0.25) is 4.79 Å². The zero-order chi connectivity index (χ0) is 13.3. The monoisotopic (exact) mass is 263 g/mol. The SMILES string of the molecule is CC(C)(C(=O)NC1CCS(=O)(=O)C1)C(N)=NO. The van der Waals surface area contributed by atoms with Crippen molar-refractivity contribution in [3.05, 3.63) is 0 Å². The van der Waals surface area contributed by atoms with Crippen molar-refractivity contribution in [2.45, 2.75) is 26.3 Å². The number of oxime groups is 1. The highest BCUT2D eigenvalue weighted by atomic mass is 32.2. The number of amidine groups is 1. The Morgan fingerprint density at radius 3 is 2.53 bits per heavy atom. The smallest absolute Gasteiger partial charge is 0.233 e. The van der Waals surface area contributed by atoms with Crippen molar-refractivity contribution < 1.29 is 18.4 Å². The highest BCUT2D eigenvalue weighted by Gasteiger charge is 2.36. The summed E-state index contributed by atoms with van der Waals surface area (Å²) in [4.78, 5) is 11.9. The number of hydrogen-bond acceptors (Lipinski definition) is 5. The van der Waals surface area contributed by atoms with E-state index < -0.39 is 27.2 Å². The maximum absolute atomic E-state index is 11.9. The van der Waals surface area contributed by atoms with Crippen LogP contribution in [0.25, 0.3) is 0 Å². The predicted octanol–water partition coefficient (Wildman–Crippen LogP) is -0.938. The summed E-state index contributed by atoms with van der Waals surface area (Å²) in [6.07, 6.45) is 0.403. The van der Waals surface area contributed by atoms with Crippen molar-refractivity contribution in [2.75, 3.05) is 11.5 Å². The Morgan fingerprint density at radius 1 is 1.53 bits per heavy atom. The molecule has 1 aliphatic heterocycles. The lowest BCUT2D eigenvalue weighted by Gasteiger charge is -2.23. The van der Waals surface area contributed by atoms with Gasteiger partial charge in [-0.2, -0.15) is 0 Å². The third-order valence-electron chi connectivity index (χ3n) is 2.88. The highest BCUT2D eigenvalue weighted by molar-refractivity contribution is 7.91. The molecule has 1 aliphatic rings. The lowest BCUT2D eigenvalue weighted by molar-refractivity contribution is -0.126. The van der Waals surface area contributed by atoms with Gasteiger partial charge in [0.05, 0.1) is 11.5 Å². The van der Waals surface area contributed by atoms with E-state index in [1.807, 2.05) is 0 Å². The van der Waals surface area contributed by atoms with E-state index >= 15 is 0 Å². The third kappa shape index (κ3) is 3.09. The zero-order valence-corrected chi connectivity index (χ0v) is 10.6. The van der Waals surface area contributed by atoms with Crippen molar-refractivity contribution in [1.29, 1.82) is 0 Å². The summed E-state index contributed by atoms with van der Waals surface area (Å²) in [5.74, 6) is -0.627.